The lowest BCUT2D eigenvalue weighted by Crippen LogP contribution is -2.09. The quantitative estimate of drug-likeness (QED) is 0.282. The van der Waals surface area contributed by atoms with E-state index >= 15 is 0 Å². The Bertz CT molecular complexity index is 1280. The van der Waals surface area contributed by atoms with E-state index in [2.05, 4.69) is 24.7 Å². The molecule has 0 aliphatic heterocycles. The zero-order chi connectivity index (χ0) is 22.0. The Hall–Kier alpha value is -3.11. The van der Waals surface area contributed by atoms with Crippen LogP contribution in [-0.4, -0.2) is 45.2 Å². The van der Waals surface area contributed by atoms with E-state index in [0.29, 0.717) is 38.9 Å². The van der Waals surface area contributed by atoms with Crippen molar-refractivity contribution in [2.24, 2.45) is 0 Å². The van der Waals surface area contributed by atoms with Gasteiger partial charge in [-0.3, -0.25) is 0 Å². The lowest BCUT2D eigenvalue weighted by atomic mass is 10.1. The van der Waals surface area contributed by atoms with E-state index < -0.39 is 11.2 Å². The summed E-state index contributed by atoms with van der Waals surface area (Å²) in [5.41, 5.74) is 2.52. The molecule has 8 nitrogen and oxygen atoms in total. The molecule has 160 valence electrons. The summed E-state index contributed by atoms with van der Waals surface area (Å²) in [7, 11) is 0. The molecule has 0 fully saturated rings. The van der Waals surface area contributed by atoms with Gasteiger partial charge in [-0.25, -0.2) is 24.1 Å². The second kappa shape index (κ2) is 8.94. The van der Waals surface area contributed by atoms with Crippen molar-refractivity contribution < 1.29 is 23.4 Å². The SMILES string of the molecule is CCOc1cnc2c(-c3nc4cc(F)c(OCCOC(=O)Cl)nc4s3)cc(C)cc2n1. The fourth-order valence-electron chi connectivity index (χ4n) is 2.93. The van der Waals surface area contributed by atoms with Crippen LogP contribution in [0.2, 0.25) is 0 Å². The maximum absolute atomic E-state index is 14.4. The zero-order valence-corrected chi connectivity index (χ0v) is 18.1. The van der Waals surface area contributed by atoms with Crippen molar-refractivity contribution >= 4 is 49.7 Å². The number of hydrogen-bond donors (Lipinski definition) is 0. The molecule has 0 radical (unpaired) electrons. The standard InChI is InChI=1S/C20H16ClFN4O4S/c1-3-28-15-9-23-16-11(6-10(2)7-13(16)24-15)18-25-14-8-12(22)17(26-19(14)31-18)29-4-5-30-20(21)27/h6-9H,3-5H2,1-2H3. The number of rotatable bonds is 7. The molecule has 0 amide bonds. The third-order valence-electron chi connectivity index (χ3n) is 4.13. The smallest absolute Gasteiger partial charge is 0.403 e. The van der Waals surface area contributed by atoms with Gasteiger partial charge in [-0.2, -0.15) is 4.98 Å². The minimum absolute atomic E-state index is 0.0835. The van der Waals surface area contributed by atoms with Crippen LogP contribution in [0.4, 0.5) is 9.18 Å². The van der Waals surface area contributed by atoms with Crippen molar-refractivity contribution in [2.45, 2.75) is 13.8 Å². The molecule has 11 heteroatoms. The number of carbonyl (C=O) groups excluding carboxylic acids is 1. The summed E-state index contributed by atoms with van der Waals surface area (Å²) in [6, 6.07) is 5.12. The van der Waals surface area contributed by atoms with E-state index in [-0.39, 0.29) is 19.1 Å². The molecular weight excluding hydrogens is 447 g/mol. The first-order valence-electron chi connectivity index (χ1n) is 9.27. The van der Waals surface area contributed by atoms with Gasteiger partial charge in [-0.15, -0.1) is 0 Å². The Labute approximate surface area is 185 Å². The highest BCUT2D eigenvalue weighted by Gasteiger charge is 2.17. The number of fused-ring (bicyclic) bond motifs is 2. The largest absolute Gasteiger partial charge is 0.477 e. The minimum atomic E-state index is -0.957. The highest BCUT2D eigenvalue weighted by molar-refractivity contribution is 7.21. The van der Waals surface area contributed by atoms with Gasteiger partial charge < -0.3 is 14.2 Å². The lowest BCUT2D eigenvalue weighted by Gasteiger charge is -2.07. The molecule has 0 aliphatic rings. The number of aromatic nitrogens is 4. The van der Waals surface area contributed by atoms with Crippen molar-refractivity contribution in [3.63, 3.8) is 0 Å². The number of aryl methyl sites for hydroxylation is 1. The van der Waals surface area contributed by atoms with Crippen molar-refractivity contribution in [3.8, 4) is 22.3 Å². The predicted octanol–water partition coefficient (Wildman–Crippen LogP) is 4.90. The van der Waals surface area contributed by atoms with Gasteiger partial charge in [0.1, 0.15) is 28.6 Å². The maximum Gasteiger partial charge on any atom is 0.403 e. The molecule has 3 aromatic heterocycles. The third-order valence-corrected chi connectivity index (χ3v) is 5.24. The molecule has 0 spiro atoms. The summed E-state index contributed by atoms with van der Waals surface area (Å²) in [5.74, 6) is -0.429. The fourth-order valence-corrected chi connectivity index (χ4v) is 3.94. The second-order valence-electron chi connectivity index (χ2n) is 6.37. The molecule has 4 rings (SSSR count). The Morgan fingerprint density at radius 3 is 2.74 bits per heavy atom. The Morgan fingerprint density at radius 1 is 1.13 bits per heavy atom. The fraction of sp³-hybridized carbons (Fsp3) is 0.250. The summed E-state index contributed by atoms with van der Waals surface area (Å²) >= 11 is 6.36. The van der Waals surface area contributed by atoms with E-state index in [1.807, 2.05) is 26.0 Å². The number of benzene rings is 1. The first kappa shape index (κ1) is 21.1. The minimum Gasteiger partial charge on any atom is -0.477 e. The zero-order valence-electron chi connectivity index (χ0n) is 16.5. The average Bonchev–Trinajstić information content (AvgIpc) is 3.13. The van der Waals surface area contributed by atoms with E-state index in [1.165, 1.54) is 17.4 Å². The first-order chi connectivity index (χ1) is 14.9. The van der Waals surface area contributed by atoms with Crippen molar-refractivity contribution in [1.29, 1.82) is 0 Å². The molecule has 1 aromatic carbocycles. The number of carbonyl (C=O) groups is 1. The summed E-state index contributed by atoms with van der Waals surface area (Å²) in [6.45, 7) is 4.12. The van der Waals surface area contributed by atoms with Crippen molar-refractivity contribution in [1.82, 2.24) is 19.9 Å². The van der Waals surface area contributed by atoms with Crippen LogP contribution in [0.3, 0.4) is 0 Å². The molecule has 0 unspecified atom stereocenters. The topological polar surface area (TPSA) is 96.3 Å². The number of thiazole rings is 1. The van der Waals surface area contributed by atoms with Crippen LogP contribution < -0.4 is 9.47 Å². The van der Waals surface area contributed by atoms with E-state index in [1.54, 1.807) is 6.20 Å². The van der Waals surface area contributed by atoms with Gasteiger partial charge in [0, 0.05) is 23.2 Å². The summed E-state index contributed by atoms with van der Waals surface area (Å²) in [6.07, 6.45) is 1.56. The Balaban J connectivity index is 1.70. The molecule has 4 aromatic rings. The summed E-state index contributed by atoms with van der Waals surface area (Å²) < 4.78 is 29.6. The van der Waals surface area contributed by atoms with Crippen LogP contribution in [0.1, 0.15) is 12.5 Å². The third kappa shape index (κ3) is 4.64. The normalized spacial score (nSPS) is 11.1. The van der Waals surface area contributed by atoms with Gasteiger partial charge in [-0.1, -0.05) is 11.3 Å². The van der Waals surface area contributed by atoms with Crippen LogP contribution in [0.5, 0.6) is 11.8 Å². The van der Waals surface area contributed by atoms with Crippen LogP contribution in [0.15, 0.2) is 24.4 Å². The van der Waals surface area contributed by atoms with Crippen LogP contribution in [-0.2, 0) is 4.74 Å². The van der Waals surface area contributed by atoms with Crippen LogP contribution in [0, 0.1) is 12.7 Å². The molecule has 0 aliphatic carbocycles. The molecule has 0 bridgehead atoms. The molecule has 0 atom stereocenters. The van der Waals surface area contributed by atoms with Gasteiger partial charge in [-0.05, 0) is 31.5 Å². The van der Waals surface area contributed by atoms with E-state index in [4.69, 9.17) is 21.1 Å². The van der Waals surface area contributed by atoms with E-state index in [9.17, 15) is 9.18 Å². The highest BCUT2D eigenvalue weighted by atomic mass is 35.5. The number of hydrogen-bond acceptors (Lipinski definition) is 9. The number of pyridine rings is 1. The molecule has 0 N–H and O–H groups in total. The Kier molecular flexibility index (Phi) is 6.10. The summed E-state index contributed by atoms with van der Waals surface area (Å²) in [4.78, 5) is 28.8. The van der Waals surface area contributed by atoms with Crippen LogP contribution in [0.25, 0.3) is 32.0 Å². The van der Waals surface area contributed by atoms with Gasteiger partial charge in [0.15, 0.2) is 5.82 Å². The monoisotopic (exact) mass is 462 g/mol. The van der Waals surface area contributed by atoms with Crippen LogP contribution >= 0.6 is 22.9 Å². The highest BCUT2D eigenvalue weighted by Crippen LogP contribution is 2.35. The molecule has 0 saturated heterocycles. The number of ether oxygens (including phenoxy) is 3. The molecular formula is C20H16ClFN4O4S. The van der Waals surface area contributed by atoms with Gasteiger partial charge >= 0.3 is 5.43 Å². The van der Waals surface area contributed by atoms with Gasteiger partial charge in [0.05, 0.1) is 23.8 Å². The van der Waals surface area contributed by atoms with Crippen molar-refractivity contribution in [3.05, 3.63) is 35.8 Å². The maximum atomic E-state index is 14.4. The second-order valence-corrected chi connectivity index (χ2v) is 7.66. The number of halogens is 2. The lowest BCUT2D eigenvalue weighted by molar-refractivity contribution is 0.144. The average molecular weight is 463 g/mol. The predicted molar refractivity (Wildman–Crippen MR) is 115 cm³/mol. The van der Waals surface area contributed by atoms with Gasteiger partial charge in [0.25, 0.3) is 5.88 Å². The summed E-state index contributed by atoms with van der Waals surface area (Å²) in [5, 5.41) is 0.627. The van der Waals surface area contributed by atoms with E-state index in [0.717, 1.165) is 11.1 Å². The van der Waals surface area contributed by atoms with Gasteiger partial charge in [0.2, 0.25) is 5.88 Å². The molecule has 0 saturated carbocycles. The van der Waals surface area contributed by atoms with Crippen molar-refractivity contribution in [2.75, 3.05) is 19.8 Å². The molecule has 31 heavy (non-hydrogen) atoms. The number of nitrogens with zero attached hydrogens (tertiary/aromatic N) is 4. The molecule has 3 heterocycles. The Morgan fingerprint density at radius 2 is 1.97 bits per heavy atom. The first-order valence-corrected chi connectivity index (χ1v) is 10.5.